The third kappa shape index (κ3) is 5.56. The van der Waals surface area contributed by atoms with Gasteiger partial charge in [-0.2, -0.15) is 0 Å². The Bertz CT molecular complexity index is 743. The zero-order valence-electron chi connectivity index (χ0n) is 19.0. The number of hydrogen-bond acceptors (Lipinski definition) is 7. The molecule has 31 heavy (non-hydrogen) atoms. The highest BCUT2D eigenvalue weighted by Crippen LogP contribution is 2.41. The van der Waals surface area contributed by atoms with E-state index in [0.717, 1.165) is 11.1 Å². The van der Waals surface area contributed by atoms with E-state index in [-0.39, 0.29) is 44.5 Å². The smallest absolute Gasteiger partial charge is 0.126 e. The Labute approximate surface area is 184 Å². The SMILES string of the molecule is COCc1cc(C(C)(CCO)c2cc(COC)c(O)c(COC)c2)cc(COC)c1O. The fourth-order valence-corrected chi connectivity index (χ4v) is 3.90. The van der Waals surface area contributed by atoms with Crippen LogP contribution in [0.4, 0.5) is 0 Å². The molecule has 0 aliphatic heterocycles. The molecule has 0 aliphatic rings. The van der Waals surface area contributed by atoms with Gasteiger partial charge in [0.15, 0.2) is 0 Å². The summed E-state index contributed by atoms with van der Waals surface area (Å²) in [5, 5.41) is 31.2. The van der Waals surface area contributed by atoms with Gasteiger partial charge in [0.1, 0.15) is 11.5 Å². The van der Waals surface area contributed by atoms with Crippen molar-refractivity contribution in [3.8, 4) is 11.5 Å². The summed E-state index contributed by atoms with van der Waals surface area (Å²) in [6.07, 6.45) is 0.431. The molecule has 0 spiro atoms. The molecule has 0 saturated carbocycles. The summed E-state index contributed by atoms with van der Waals surface area (Å²) >= 11 is 0. The van der Waals surface area contributed by atoms with Gasteiger partial charge in [-0.05, 0) is 41.8 Å². The number of aliphatic hydroxyl groups is 1. The molecule has 0 radical (unpaired) electrons. The summed E-state index contributed by atoms with van der Waals surface area (Å²) in [6, 6.07) is 7.58. The minimum absolute atomic E-state index is 0.0449. The molecule has 7 heteroatoms. The van der Waals surface area contributed by atoms with Crippen LogP contribution in [0, 0.1) is 0 Å². The molecular weight excluding hydrogens is 400 g/mol. The van der Waals surface area contributed by atoms with Crippen molar-refractivity contribution in [2.45, 2.75) is 45.2 Å². The molecule has 0 bridgehead atoms. The summed E-state index contributed by atoms with van der Waals surface area (Å²) < 4.78 is 21.1. The van der Waals surface area contributed by atoms with Gasteiger partial charge in [-0.15, -0.1) is 0 Å². The molecule has 0 heterocycles. The number of rotatable bonds is 12. The third-order valence-electron chi connectivity index (χ3n) is 5.62. The van der Waals surface area contributed by atoms with Gasteiger partial charge in [-0.1, -0.05) is 6.92 Å². The monoisotopic (exact) mass is 434 g/mol. The Hall–Kier alpha value is -2.16. The van der Waals surface area contributed by atoms with Crippen LogP contribution in [0.5, 0.6) is 11.5 Å². The summed E-state index contributed by atoms with van der Waals surface area (Å²) in [6.45, 7) is 2.95. The van der Waals surface area contributed by atoms with Crippen molar-refractivity contribution in [3.05, 3.63) is 57.6 Å². The molecule has 0 atom stereocenters. The number of ether oxygens (including phenoxy) is 4. The molecule has 2 rings (SSSR count). The minimum atomic E-state index is -0.619. The topological polar surface area (TPSA) is 97.6 Å². The van der Waals surface area contributed by atoms with Crippen LogP contribution in [0.25, 0.3) is 0 Å². The molecular formula is C24H34O7. The van der Waals surface area contributed by atoms with Crippen LogP contribution in [0.3, 0.4) is 0 Å². The van der Waals surface area contributed by atoms with E-state index in [4.69, 9.17) is 18.9 Å². The number of aromatic hydroxyl groups is 2. The summed E-state index contributed by atoms with van der Waals surface area (Å²) in [5.41, 5.74) is 3.75. The molecule has 0 saturated heterocycles. The molecule has 172 valence electrons. The van der Waals surface area contributed by atoms with Gasteiger partial charge in [0.05, 0.1) is 26.4 Å². The molecule has 0 aliphatic carbocycles. The zero-order valence-corrected chi connectivity index (χ0v) is 19.0. The lowest BCUT2D eigenvalue weighted by molar-refractivity contribution is 0.173. The second-order valence-corrected chi connectivity index (χ2v) is 7.82. The molecule has 0 fully saturated rings. The van der Waals surface area contributed by atoms with Crippen molar-refractivity contribution in [1.82, 2.24) is 0 Å². The normalized spacial score (nSPS) is 11.8. The van der Waals surface area contributed by atoms with Gasteiger partial charge in [0, 0.05) is 62.7 Å². The van der Waals surface area contributed by atoms with Crippen LogP contribution in [-0.4, -0.2) is 50.4 Å². The van der Waals surface area contributed by atoms with Crippen molar-refractivity contribution in [2.24, 2.45) is 0 Å². The second-order valence-electron chi connectivity index (χ2n) is 7.82. The molecule has 0 amide bonds. The van der Waals surface area contributed by atoms with E-state index < -0.39 is 5.41 Å². The van der Waals surface area contributed by atoms with E-state index in [1.165, 1.54) is 0 Å². The maximum atomic E-state index is 10.6. The van der Waals surface area contributed by atoms with Gasteiger partial charge in [-0.3, -0.25) is 0 Å². The van der Waals surface area contributed by atoms with Crippen LogP contribution in [0.15, 0.2) is 24.3 Å². The molecule has 0 aromatic heterocycles. The molecule has 7 nitrogen and oxygen atoms in total. The maximum absolute atomic E-state index is 10.6. The molecule has 0 unspecified atom stereocenters. The Balaban J connectivity index is 2.75. The Morgan fingerprint density at radius 2 is 0.935 bits per heavy atom. The van der Waals surface area contributed by atoms with Gasteiger partial charge in [-0.25, -0.2) is 0 Å². The number of aliphatic hydroxyl groups excluding tert-OH is 1. The minimum Gasteiger partial charge on any atom is -0.507 e. The van der Waals surface area contributed by atoms with E-state index in [2.05, 4.69) is 0 Å². The predicted octanol–water partition coefficient (Wildman–Crippen LogP) is 3.37. The quantitative estimate of drug-likeness (QED) is 0.471. The average molecular weight is 435 g/mol. The fraction of sp³-hybridized carbons (Fsp3) is 0.500. The van der Waals surface area contributed by atoms with E-state index >= 15 is 0 Å². The third-order valence-corrected chi connectivity index (χ3v) is 5.62. The molecule has 3 N–H and O–H groups in total. The van der Waals surface area contributed by atoms with E-state index in [1.54, 1.807) is 28.4 Å². The van der Waals surface area contributed by atoms with Crippen LogP contribution < -0.4 is 0 Å². The lowest BCUT2D eigenvalue weighted by Gasteiger charge is -2.33. The van der Waals surface area contributed by atoms with Crippen molar-refractivity contribution in [2.75, 3.05) is 35.0 Å². The predicted molar refractivity (Wildman–Crippen MR) is 117 cm³/mol. The number of methoxy groups -OCH3 is 4. The zero-order chi connectivity index (χ0) is 23.0. The molecule has 2 aromatic carbocycles. The number of hydrogen-bond donors (Lipinski definition) is 3. The highest BCUT2D eigenvalue weighted by Gasteiger charge is 2.32. The Kier molecular flexibility index (Phi) is 9.28. The van der Waals surface area contributed by atoms with Gasteiger partial charge < -0.3 is 34.3 Å². The Morgan fingerprint density at radius 3 is 1.16 bits per heavy atom. The van der Waals surface area contributed by atoms with Gasteiger partial charge in [0.2, 0.25) is 0 Å². The fourth-order valence-electron chi connectivity index (χ4n) is 3.90. The number of phenols is 2. The largest absolute Gasteiger partial charge is 0.507 e. The van der Waals surface area contributed by atoms with Gasteiger partial charge in [0.25, 0.3) is 0 Å². The average Bonchev–Trinajstić information content (AvgIpc) is 2.74. The first kappa shape index (κ1) is 25.1. The van der Waals surface area contributed by atoms with Gasteiger partial charge >= 0.3 is 0 Å². The van der Waals surface area contributed by atoms with Crippen LogP contribution in [0.2, 0.25) is 0 Å². The number of phenolic OH excluding ortho intramolecular Hbond substituents is 2. The van der Waals surface area contributed by atoms with E-state index in [1.807, 2.05) is 31.2 Å². The lowest BCUT2D eigenvalue weighted by Crippen LogP contribution is -2.26. The lowest BCUT2D eigenvalue weighted by atomic mass is 9.72. The summed E-state index contributed by atoms with van der Waals surface area (Å²) in [5.74, 6) is 0.286. The van der Waals surface area contributed by atoms with E-state index in [0.29, 0.717) is 28.7 Å². The van der Waals surface area contributed by atoms with Crippen molar-refractivity contribution >= 4 is 0 Å². The maximum Gasteiger partial charge on any atom is 0.126 e. The van der Waals surface area contributed by atoms with Crippen LogP contribution >= 0.6 is 0 Å². The highest BCUT2D eigenvalue weighted by molar-refractivity contribution is 5.52. The van der Waals surface area contributed by atoms with Crippen molar-refractivity contribution < 1.29 is 34.3 Å². The first-order valence-electron chi connectivity index (χ1n) is 10.1. The van der Waals surface area contributed by atoms with Crippen LogP contribution in [-0.2, 0) is 50.8 Å². The second kappa shape index (κ2) is 11.5. The number of benzene rings is 2. The standard InChI is InChI=1S/C24H34O7/c1-24(6-7-25,20-8-16(12-28-2)22(26)17(9-20)13-29-3)21-10-18(14-30-4)23(27)19(11-21)15-31-5/h8-11,25-27H,6-7,12-15H2,1-5H3. The molecule has 2 aromatic rings. The van der Waals surface area contributed by atoms with Crippen LogP contribution in [0.1, 0.15) is 46.7 Å². The van der Waals surface area contributed by atoms with E-state index in [9.17, 15) is 15.3 Å². The van der Waals surface area contributed by atoms with Crippen molar-refractivity contribution in [1.29, 1.82) is 0 Å². The van der Waals surface area contributed by atoms with Crippen molar-refractivity contribution in [3.63, 3.8) is 0 Å². The Morgan fingerprint density at radius 1 is 0.645 bits per heavy atom. The first-order valence-corrected chi connectivity index (χ1v) is 10.1. The summed E-state index contributed by atoms with van der Waals surface area (Å²) in [4.78, 5) is 0. The first-order chi connectivity index (χ1) is 14.9. The highest BCUT2D eigenvalue weighted by atomic mass is 16.5. The summed E-state index contributed by atoms with van der Waals surface area (Å²) in [7, 11) is 6.29.